The molecular weight excluding hydrogens is 580 g/mol. The zero-order chi connectivity index (χ0) is 31.3. The Morgan fingerprint density at radius 2 is 1.47 bits per heavy atom. The molecule has 0 amide bonds. The van der Waals surface area contributed by atoms with Gasteiger partial charge in [0, 0.05) is 33.3 Å². The van der Waals surface area contributed by atoms with Gasteiger partial charge < -0.3 is 28.4 Å². The van der Waals surface area contributed by atoms with Gasteiger partial charge in [0.15, 0.2) is 18.3 Å². The number of esters is 4. The average molecular weight is 617 g/mol. The second-order valence-electron chi connectivity index (χ2n) is 10.7. The first-order chi connectivity index (χ1) is 20.5. The predicted octanol–water partition coefficient (Wildman–Crippen LogP) is 4.62. The van der Waals surface area contributed by atoms with E-state index in [1.807, 2.05) is 18.2 Å². The van der Waals surface area contributed by atoms with E-state index in [9.17, 15) is 19.2 Å². The summed E-state index contributed by atoms with van der Waals surface area (Å²) < 4.78 is 34.7. The smallest absolute Gasteiger partial charge is 0.303 e. The van der Waals surface area contributed by atoms with Gasteiger partial charge >= 0.3 is 23.9 Å². The van der Waals surface area contributed by atoms with Crippen LogP contribution in [0.1, 0.15) is 75.0 Å². The number of aryl methyl sites for hydroxylation is 1. The van der Waals surface area contributed by atoms with Crippen LogP contribution < -0.4 is 4.74 Å². The maximum Gasteiger partial charge on any atom is 0.303 e. The lowest BCUT2D eigenvalue weighted by molar-refractivity contribution is -0.254. The second-order valence-corrected chi connectivity index (χ2v) is 11.0. The van der Waals surface area contributed by atoms with Crippen LogP contribution in [0.5, 0.6) is 5.75 Å². The van der Waals surface area contributed by atoms with Crippen molar-refractivity contribution in [2.24, 2.45) is 0 Å². The van der Waals surface area contributed by atoms with Gasteiger partial charge in [-0.2, -0.15) is 0 Å². The van der Waals surface area contributed by atoms with Crippen molar-refractivity contribution in [1.82, 2.24) is 0 Å². The SMILES string of the molecule is CCc1ccc(Cc2cc([C@@H]3O[C@H](COC(C)=O)[C@@H](OC(C)=O)[C@H](OC(C)=O)[C@H]3OC(C)=O)c3c(c2Cl)OCCC3)cc1. The van der Waals surface area contributed by atoms with Crippen molar-refractivity contribution in [2.75, 3.05) is 13.2 Å². The van der Waals surface area contributed by atoms with E-state index in [-0.39, 0.29) is 6.61 Å². The highest BCUT2D eigenvalue weighted by Crippen LogP contribution is 2.46. The van der Waals surface area contributed by atoms with Crippen molar-refractivity contribution in [3.05, 3.63) is 63.2 Å². The van der Waals surface area contributed by atoms with E-state index in [2.05, 4.69) is 19.1 Å². The molecule has 0 bridgehead atoms. The first-order valence-corrected chi connectivity index (χ1v) is 14.7. The van der Waals surface area contributed by atoms with Gasteiger partial charge in [0.2, 0.25) is 0 Å². The lowest BCUT2D eigenvalue weighted by Crippen LogP contribution is -2.59. The van der Waals surface area contributed by atoms with Gasteiger partial charge in [0.25, 0.3) is 0 Å². The summed E-state index contributed by atoms with van der Waals surface area (Å²) in [5.41, 5.74) is 4.39. The normalized spacial score (nSPS) is 22.9. The molecule has 11 heteroatoms. The van der Waals surface area contributed by atoms with E-state index in [1.165, 1.54) is 33.3 Å². The lowest BCUT2D eigenvalue weighted by Gasteiger charge is -2.45. The summed E-state index contributed by atoms with van der Waals surface area (Å²) in [6.07, 6.45) is -3.10. The molecule has 232 valence electrons. The predicted molar refractivity (Wildman–Crippen MR) is 155 cm³/mol. The van der Waals surface area contributed by atoms with Crippen molar-refractivity contribution in [2.45, 2.75) is 90.8 Å². The highest BCUT2D eigenvalue weighted by Gasteiger charge is 2.53. The molecule has 1 saturated heterocycles. The molecule has 5 atom stereocenters. The summed E-state index contributed by atoms with van der Waals surface area (Å²) in [6.45, 7) is 7.09. The third kappa shape index (κ3) is 7.86. The summed E-state index contributed by atoms with van der Waals surface area (Å²) in [4.78, 5) is 48.6. The molecule has 2 aromatic carbocycles. The number of fused-ring (bicyclic) bond motifs is 1. The molecule has 2 aromatic rings. The molecule has 2 aliphatic rings. The fourth-order valence-electron chi connectivity index (χ4n) is 5.55. The lowest BCUT2D eigenvalue weighted by atomic mass is 9.85. The molecule has 1 fully saturated rings. The molecule has 10 nitrogen and oxygen atoms in total. The Balaban J connectivity index is 1.87. The molecule has 0 aromatic heterocycles. The van der Waals surface area contributed by atoms with Crippen molar-refractivity contribution in [1.29, 1.82) is 0 Å². The van der Waals surface area contributed by atoms with E-state index in [4.69, 9.17) is 40.0 Å². The van der Waals surface area contributed by atoms with Crippen LogP contribution in [-0.4, -0.2) is 61.5 Å². The average Bonchev–Trinajstić information content (AvgIpc) is 2.95. The Hall–Kier alpha value is -3.63. The van der Waals surface area contributed by atoms with Crippen LogP contribution in [-0.2, 0) is 62.1 Å². The van der Waals surface area contributed by atoms with E-state index in [1.54, 1.807) is 0 Å². The summed E-state index contributed by atoms with van der Waals surface area (Å²) in [5.74, 6) is -2.11. The van der Waals surface area contributed by atoms with Crippen LogP contribution >= 0.6 is 11.6 Å². The van der Waals surface area contributed by atoms with Crippen LogP contribution in [0, 0.1) is 0 Å². The fourth-order valence-corrected chi connectivity index (χ4v) is 5.84. The molecule has 0 N–H and O–H groups in total. The Labute approximate surface area is 255 Å². The number of hydrogen-bond donors (Lipinski definition) is 0. The van der Waals surface area contributed by atoms with E-state index < -0.39 is 54.4 Å². The molecule has 2 heterocycles. The zero-order valence-corrected chi connectivity index (χ0v) is 25.7. The van der Waals surface area contributed by atoms with Gasteiger partial charge in [-0.3, -0.25) is 19.2 Å². The maximum atomic E-state index is 12.4. The topological polar surface area (TPSA) is 124 Å². The fraction of sp³-hybridized carbons (Fsp3) is 0.500. The molecule has 0 aliphatic carbocycles. The van der Waals surface area contributed by atoms with Gasteiger partial charge in [-0.15, -0.1) is 0 Å². The number of benzene rings is 2. The van der Waals surface area contributed by atoms with E-state index >= 15 is 0 Å². The molecule has 43 heavy (non-hydrogen) atoms. The van der Waals surface area contributed by atoms with Crippen LogP contribution in [0.15, 0.2) is 30.3 Å². The van der Waals surface area contributed by atoms with Crippen LogP contribution in [0.25, 0.3) is 0 Å². The van der Waals surface area contributed by atoms with Gasteiger partial charge in [-0.05, 0) is 47.9 Å². The van der Waals surface area contributed by atoms with Crippen molar-refractivity contribution in [3.8, 4) is 5.75 Å². The number of halogens is 1. The minimum Gasteiger partial charge on any atom is -0.492 e. The van der Waals surface area contributed by atoms with Gasteiger partial charge in [0.05, 0.1) is 11.6 Å². The number of carbonyl (C=O) groups excluding carboxylic acids is 4. The summed E-state index contributed by atoms with van der Waals surface area (Å²) >= 11 is 6.92. The summed E-state index contributed by atoms with van der Waals surface area (Å²) in [7, 11) is 0. The minimum absolute atomic E-state index is 0.308. The first kappa shape index (κ1) is 32.3. The molecular formula is C32H37ClO10. The van der Waals surface area contributed by atoms with Gasteiger partial charge in [-0.25, -0.2) is 0 Å². The molecule has 2 aliphatic heterocycles. The summed E-state index contributed by atoms with van der Waals surface area (Å²) in [6, 6.07) is 10.1. The van der Waals surface area contributed by atoms with Gasteiger partial charge in [0.1, 0.15) is 24.6 Å². The maximum absolute atomic E-state index is 12.4. The first-order valence-electron chi connectivity index (χ1n) is 14.3. The quantitative estimate of drug-likeness (QED) is 0.291. The number of carbonyl (C=O) groups is 4. The van der Waals surface area contributed by atoms with Crippen molar-refractivity contribution >= 4 is 35.5 Å². The third-order valence-corrected chi connectivity index (χ3v) is 7.79. The minimum atomic E-state index is -1.27. The number of rotatable bonds is 9. The number of ether oxygens (including phenoxy) is 6. The van der Waals surface area contributed by atoms with Crippen molar-refractivity contribution in [3.63, 3.8) is 0 Å². The Morgan fingerprint density at radius 1 is 0.860 bits per heavy atom. The van der Waals surface area contributed by atoms with Crippen molar-refractivity contribution < 1.29 is 47.6 Å². The largest absolute Gasteiger partial charge is 0.492 e. The highest BCUT2D eigenvalue weighted by atomic mass is 35.5. The highest BCUT2D eigenvalue weighted by molar-refractivity contribution is 6.33. The Morgan fingerprint density at radius 3 is 2.07 bits per heavy atom. The molecule has 0 spiro atoms. The molecule has 0 radical (unpaired) electrons. The van der Waals surface area contributed by atoms with Crippen LogP contribution in [0.4, 0.5) is 0 Å². The third-order valence-electron chi connectivity index (χ3n) is 7.37. The standard InChI is InChI=1S/C32H37ClO10/c1-6-21-9-11-22(12-10-21)14-23-15-25(24-8-7-13-38-28(24)27(23)33)29-31(41-19(4)36)32(42-20(5)37)30(40-18(3)35)26(43-29)16-39-17(2)34/h9-12,15,26,29-32H,6-8,13-14,16H2,1-5H3/t26-,29+,30-,31+,32+/m1/s1. The number of hydrogen-bond acceptors (Lipinski definition) is 10. The van der Waals surface area contributed by atoms with E-state index in [0.717, 1.165) is 23.1 Å². The second kappa shape index (κ2) is 14.2. The zero-order valence-electron chi connectivity index (χ0n) is 25.0. The molecule has 0 unspecified atom stereocenters. The van der Waals surface area contributed by atoms with E-state index in [0.29, 0.717) is 42.2 Å². The van der Waals surface area contributed by atoms with Crippen LogP contribution in [0.2, 0.25) is 5.02 Å². The Bertz CT molecular complexity index is 1350. The van der Waals surface area contributed by atoms with Gasteiger partial charge in [-0.1, -0.05) is 48.9 Å². The Kier molecular flexibility index (Phi) is 10.7. The summed E-state index contributed by atoms with van der Waals surface area (Å²) in [5, 5.41) is 0.476. The molecule has 0 saturated carbocycles. The molecule has 4 rings (SSSR count). The monoisotopic (exact) mass is 616 g/mol. The van der Waals surface area contributed by atoms with Crippen LogP contribution in [0.3, 0.4) is 0 Å².